The van der Waals surface area contributed by atoms with Gasteiger partial charge in [-0.3, -0.25) is 0 Å². The highest BCUT2D eigenvalue weighted by atomic mass is 28.4. The summed E-state index contributed by atoms with van der Waals surface area (Å²) < 4.78 is 47.8. The fraction of sp³-hybridized carbons (Fsp3) is 0.605. The van der Waals surface area contributed by atoms with Crippen LogP contribution in [0.15, 0.2) is 72.0 Å². The van der Waals surface area contributed by atoms with Gasteiger partial charge in [-0.1, -0.05) is 70.5 Å². The quantitative estimate of drug-likeness (QED) is 0.0752. The van der Waals surface area contributed by atoms with Crippen LogP contribution in [0.1, 0.15) is 79.4 Å². The molecule has 0 saturated heterocycles. The molecule has 1 heterocycles. The molecular formula is C43H66O10Si. The van der Waals surface area contributed by atoms with Gasteiger partial charge in [0.05, 0.1) is 64.5 Å². The summed E-state index contributed by atoms with van der Waals surface area (Å²) in [6.07, 6.45) is 2.35. The number of carbonyl (C=O) groups is 1. The van der Waals surface area contributed by atoms with E-state index in [1.54, 1.807) is 35.2 Å². The van der Waals surface area contributed by atoms with Gasteiger partial charge in [0.1, 0.15) is 17.3 Å². The van der Waals surface area contributed by atoms with Gasteiger partial charge >= 0.3 is 5.97 Å². The molecule has 6 atom stereocenters. The molecule has 0 aromatic heterocycles. The molecule has 0 fully saturated rings. The predicted molar refractivity (Wildman–Crippen MR) is 214 cm³/mol. The lowest BCUT2D eigenvalue weighted by atomic mass is 9.84. The van der Waals surface area contributed by atoms with E-state index in [0.717, 1.165) is 28.2 Å². The fourth-order valence-corrected chi connectivity index (χ4v) is 7.16. The predicted octanol–water partition coefficient (Wildman–Crippen LogP) is 8.76. The number of hydrogen-bond acceptors (Lipinski definition) is 10. The molecule has 3 rings (SSSR count). The fourth-order valence-electron chi connectivity index (χ4n) is 6.13. The Morgan fingerprint density at radius 1 is 0.870 bits per heavy atom. The minimum Gasteiger partial charge on any atom is -0.497 e. The summed E-state index contributed by atoms with van der Waals surface area (Å²) in [6, 6.07) is 15.6. The number of esters is 1. The van der Waals surface area contributed by atoms with Crippen molar-refractivity contribution in [3.63, 3.8) is 0 Å². The van der Waals surface area contributed by atoms with Crippen LogP contribution in [0.2, 0.25) is 18.1 Å². The molecular weight excluding hydrogens is 705 g/mol. The molecule has 0 aliphatic carbocycles. The molecule has 0 spiro atoms. The number of aliphatic hydroxyl groups is 1. The lowest BCUT2D eigenvalue weighted by molar-refractivity contribution is -0.207. The molecule has 1 N–H and O–H groups in total. The smallest absolute Gasteiger partial charge is 0.337 e. The number of aliphatic hydroxyl groups excluding tert-OH is 1. The van der Waals surface area contributed by atoms with Gasteiger partial charge in [-0.05, 0) is 66.9 Å². The van der Waals surface area contributed by atoms with Crippen molar-refractivity contribution in [2.45, 2.75) is 130 Å². The first-order valence-corrected chi connectivity index (χ1v) is 21.8. The molecule has 302 valence electrons. The van der Waals surface area contributed by atoms with E-state index in [9.17, 15) is 9.90 Å². The second-order valence-corrected chi connectivity index (χ2v) is 21.2. The minimum absolute atomic E-state index is 0.0657. The molecule has 54 heavy (non-hydrogen) atoms. The van der Waals surface area contributed by atoms with E-state index in [1.165, 1.54) is 6.08 Å². The van der Waals surface area contributed by atoms with E-state index in [0.29, 0.717) is 32.0 Å². The van der Waals surface area contributed by atoms with Crippen molar-refractivity contribution in [3.8, 4) is 11.5 Å². The van der Waals surface area contributed by atoms with Gasteiger partial charge in [0, 0.05) is 39.2 Å². The van der Waals surface area contributed by atoms with Crippen molar-refractivity contribution < 1.29 is 47.5 Å². The van der Waals surface area contributed by atoms with Crippen LogP contribution in [0.5, 0.6) is 11.5 Å². The minimum atomic E-state index is -2.03. The summed E-state index contributed by atoms with van der Waals surface area (Å²) >= 11 is 0. The van der Waals surface area contributed by atoms with Gasteiger partial charge < -0.3 is 42.7 Å². The normalized spacial score (nSPS) is 18.4. The van der Waals surface area contributed by atoms with Crippen LogP contribution in [0, 0.1) is 11.8 Å². The van der Waals surface area contributed by atoms with E-state index >= 15 is 0 Å². The van der Waals surface area contributed by atoms with Crippen LogP contribution in [0.4, 0.5) is 0 Å². The van der Waals surface area contributed by atoms with Crippen LogP contribution in [-0.2, 0) is 46.1 Å². The third-order valence-electron chi connectivity index (χ3n) is 10.5. The summed E-state index contributed by atoms with van der Waals surface area (Å²) in [6.45, 7) is 21.9. The summed E-state index contributed by atoms with van der Waals surface area (Å²) in [5.74, 6) is -0.227. The number of rotatable bonds is 21. The number of ether oxygens (including phenoxy) is 7. The van der Waals surface area contributed by atoms with Gasteiger partial charge in [-0.25, -0.2) is 4.79 Å². The van der Waals surface area contributed by atoms with E-state index in [4.69, 9.17) is 37.6 Å². The second kappa shape index (κ2) is 20.1. The van der Waals surface area contributed by atoms with Crippen LogP contribution in [0.3, 0.4) is 0 Å². The zero-order valence-electron chi connectivity index (χ0n) is 34.9. The first kappa shape index (κ1) is 45.2. The Hall–Kier alpha value is -3.19. The number of benzene rings is 2. The summed E-state index contributed by atoms with van der Waals surface area (Å²) in [4.78, 5) is 12.2. The average Bonchev–Trinajstić information content (AvgIpc) is 3.10. The Morgan fingerprint density at radius 3 is 1.89 bits per heavy atom. The Morgan fingerprint density at radius 2 is 1.41 bits per heavy atom. The zero-order chi connectivity index (χ0) is 40.3. The van der Waals surface area contributed by atoms with Crippen molar-refractivity contribution in [3.05, 3.63) is 83.1 Å². The highest BCUT2D eigenvalue weighted by Gasteiger charge is 2.39. The van der Waals surface area contributed by atoms with E-state index < -0.39 is 32.3 Å². The van der Waals surface area contributed by atoms with E-state index in [2.05, 4.69) is 53.8 Å². The summed E-state index contributed by atoms with van der Waals surface area (Å²) in [5, 5.41) is 11.6. The van der Waals surface area contributed by atoms with Crippen LogP contribution in [0.25, 0.3) is 0 Å². The van der Waals surface area contributed by atoms with E-state index in [1.807, 2.05) is 55.5 Å². The number of carbonyl (C=O) groups excluding carboxylic acids is 1. The first-order valence-electron chi connectivity index (χ1n) is 18.9. The first-order chi connectivity index (χ1) is 25.3. The number of cyclic esters (lactones) is 1. The molecule has 0 unspecified atom stereocenters. The third-order valence-corrected chi connectivity index (χ3v) is 15.0. The van der Waals surface area contributed by atoms with Crippen molar-refractivity contribution in [1.82, 2.24) is 0 Å². The maximum Gasteiger partial charge on any atom is 0.337 e. The molecule has 0 bridgehead atoms. The van der Waals surface area contributed by atoms with Crippen molar-refractivity contribution >= 4 is 14.3 Å². The molecule has 1 aliphatic rings. The largest absolute Gasteiger partial charge is 0.497 e. The van der Waals surface area contributed by atoms with Gasteiger partial charge in [-0.2, -0.15) is 0 Å². The average molecular weight is 771 g/mol. The van der Waals surface area contributed by atoms with E-state index in [-0.39, 0.29) is 35.5 Å². The number of methoxy groups -OCH3 is 3. The topological polar surface area (TPSA) is 111 Å². The SMILES string of the molecule is COc1ccc(CO[C@@H](CO[Si](C)(C)C(C)(C)C)C/C(C)=C/[C@@H](OC)[C@@H](C)[C@H](OCc2ccc(OC)cc2)[C@H](C)[C@@H](O)CC2=CC(=O)OC(C)(C)O2)cc1. The molecule has 2 aromatic carbocycles. The van der Waals surface area contributed by atoms with Crippen LogP contribution < -0.4 is 9.47 Å². The Bertz CT molecular complexity index is 1510. The highest BCUT2D eigenvalue weighted by Crippen LogP contribution is 2.37. The maximum atomic E-state index is 12.2. The molecule has 10 nitrogen and oxygen atoms in total. The molecule has 0 radical (unpaired) electrons. The molecule has 1 aliphatic heterocycles. The molecule has 11 heteroatoms. The van der Waals surface area contributed by atoms with Gasteiger partial charge in [0.2, 0.25) is 5.79 Å². The molecule has 0 amide bonds. The van der Waals surface area contributed by atoms with Gasteiger partial charge in [0.15, 0.2) is 8.32 Å². The van der Waals surface area contributed by atoms with Crippen molar-refractivity contribution in [1.29, 1.82) is 0 Å². The third kappa shape index (κ3) is 13.8. The Labute approximate surface area is 325 Å². The standard InChI is InChI=1S/C43H66O10Si/c1-29(22-37(28-51-54(12,13)42(4,5)6)49-26-32-14-18-34(46-9)19-15-32)23-39(48-11)31(3)41(50-27-33-16-20-35(47-10)21-17-33)30(2)38(44)24-36-25-40(45)53-43(7,8)52-36/h14-21,23,25,30-31,37-39,41,44H,22,24,26-28H2,1-13H3/b29-23+/t30-,31-,37-,38+,39-,41-/m1/s1. The lowest BCUT2D eigenvalue weighted by Crippen LogP contribution is -2.43. The highest BCUT2D eigenvalue weighted by molar-refractivity contribution is 6.74. The number of hydrogen-bond donors (Lipinski definition) is 1. The zero-order valence-corrected chi connectivity index (χ0v) is 35.9. The lowest BCUT2D eigenvalue weighted by Gasteiger charge is -2.37. The van der Waals surface area contributed by atoms with Crippen molar-refractivity contribution in [2.75, 3.05) is 27.9 Å². The summed E-state index contributed by atoms with van der Waals surface area (Å²) in [5.41, 5.74) is 3.12. The van der Waals surface area contributed by atoms with Crippen LogP contribution in [-0.4, -0.2) is 77.5 Å². The van der Waals surface area contributed by atoms with Gasteiger partial charge in [0.25, 0.3) is 0 Å². The monoisotopic (exact) mass is 770 g/mol. The summed E-state index contributed by atoms with van der Waals surface area (Å²) in [7, 11) is 2.95. The second-order valence-electron chi connectivity index (χ2n) is 16.4. The Balaban J connectivity index is 1.84. The van der Waals surface area contributed by atoms with Crippen molar-refractivity contribution in [2.24, 2.45) is 11.8 Å². The van der Waals surface area contributed by atoms with Crippen LogP contribution >= 0.6 is 0 Å². The maximum absolute atomic E-state index is 12.2. The van der Waals surface area contributed by atoms with Gasteiger partial charge in [-0.15, -0.1) is 0 Å². The Kier molecular flexibility index (Phi) is 16.8. The molecule has 0 saturated carbocycles. The molecule has 2 aromatic rings.